The van der Waals surface area contributed by atoms with E-state index in [2.05, 4.69) is 12.2 Å². The number of hydrogen-bond donors (Lipinski definition) is 1. The quantitative estimate of drug-likeness (QED) is 0.707. The molecule has 4 nitrogen and oxygen atoms in total. The Morgan fingerprint density at radius 2 is 1.93 bits per heavy atom. The van der Waals surface area contributed by atoms with Crippen LogP contribution in [0.2, 0.25) is 0 Å². The van der Waals surface area contributed by atoms with Crippen molar-refractivity contribution in [3.8, 4) is 0 Å². The van der Waals surface area contributed by atoms with Crippen LogP contribution in [0.4, 0.5) is 0 Å². The Labute approximate surface area is 93.3 Å². The average Bonchev–Trinajstić information content (AvgIpc) is 2.01. The molecule has 0 saturated heterocycles. The van der Waals surface area contributed by atoms with E-state index in [1.54, 1.807) is 21.0 Å². The molecule has 0 aliphatic heterocycles. The van der Waals surface area contributed by atoms with E-state index in [9.17, 15) is 8.42 Å². The topological polar surface area (TPSA) is 55.4 Å². The summed E-state index contributed by atoms with van der Waals surface area (Å²) in [6.07, 6.45) is 1.27. The summed E-state index contributed by atoms with van der Waals surface area (Å²) in [4.78, 5) is 0. The third-order valence-corrected chi connectivity index (χ3v) is 4.65. The molecule has 15 heavy (non-hydrogen) atoms. The van der Waals surface area contributed by atoms with Gasteiger partial charge < -0.3 is 10.1 Å². The van der Waals surface area contributed by atoms with E-state index in [0.717, 1.165) is 6.54 Å². The highest BCUT2D eigenvalue weighted by molar-refractivity contribution is 7.92. The molecule has 0 aromatic carbocycles. The normalized spacial score (nSPS) is 15.3. The summed E-state index contributed by atoms with van der Waals surface area (Å²) in [7, 11) is -1.34. The molecule has 0 radical (unpaired) electrons. The zero-order valence-corrected chi connectivity index (χ0v) is 11.1. The second kappa shape index (κ2) is 5.82. The summed E-state index contributed by atoms with van der Waals surface area (Å²) in [5.74, 6) is 0.394. The molecule has 0 spiro atoms. The van der Waals surface area contributed by atoms with Crippen LogP contribution in [-0.2, 0) is 14.6 Å². The molecular weight excluding hydrogens is 214 g/mol. The van der Waals surface area contributed by atoms with Crippen LogP contribution in [0.5, 0.6) is 0 Å². The second-order valence-electron chi connectivity index (χ2n) is 4.72. The van der Waals surface area contributed by atoms with Gasteiger partial charge in [-0.15, -0.1) is 0 Å². The van der Waals surface area contributed by atoms with Crippen LogP contribution in [0.25, 0.3) is 0 Å². The van der Waals surface area contributed by atoms with Gasteiger partial charge in [-0.3, -0.25) is 0 Å². The molecule has 0 rings (SSSR count). The number of nitrogens with one attached hydrogen (secondary N) is 1. The number of ether oxygens (including phenoxy) is 1. The third kappa shape index (κ3) is 5.49. The maximum Gasteiger partial charge on any atom is 0.153 e. The number of methoxy groups -OCH3 is 1. The zero-order chi connectivity index (χ0) is 12.1. The maximum absolute atomic E-state index is 11.4. The Bertz CT molecular complexity index is 272. The first-order valence-corrected chi connectivity index (χ1v) is 6.99. The first-order valence-electron chi connectivity index (χ1n) is 5.10. The van der Waals surface area contributed by atoms with Crippen molar-refractivity contribution in [1.29, 1.82) is 0 Å². The lowest BCUT2D eigenvalue weighted by atomic mass is 10.1. The highest BCUT2D eigenvalue weighted by Crippen LogP contribution is 2.13. The van der Waals surface area contributed by atoms with E-state index >= 15 is 0 Å². The molecule has 1 N–H and O–H groups in total. The lowest BCUT2D eigenvalue weighted by Gasteiger charge is -2.23. The van der Waals surface area contributed by atoms with Crippen LogP contribution in [0.15, 0.2) is 0 Å². The largest absolute Gasteiger partial charge is 0.384 e. The molecule has 0 bridgehead atoms. The van der Waals surface area contributed by atoms with Crippen LogP contribution < -0.4 is 5.32 Å². The van der Waals surface area contributed by atoms with Gasteiger partial charge in [-0.1, -0.05) is 6.92 Å². The summed E-state index contributed by atoms with van der Waals surface area (Å²) < 4.78 is 27.1. The van der Waals surface area contributed by atoms with E-state index in [1.807, 2.05) is 0 Å². The highest BCUT2D eigenvalue weighted by atomic mass is 32.2. The summed E-state index contributed by atoms with van der Waals surface area (Å²) in [6.45, 7) is 7.45. The Morgan fingerprint density at radius 3 is 2.33 bits per heavy atom. The van der Waals surface area contributed by atoms with Gasteiger partial charge in [0, 0.05) is 26.5 Å². The van der Waals surface area contributed by atoms with Crippen molar-refractivity contribution in [1.82, 2.24) is 5.32 Å². The van der Waals surface area contributed by atoms with E-state index in [1.165, 1.54) is 6.26 Å². The molecule has 0 amide bonds. The van der Waals surface area contributed by atoms with Crippen molar-refractivity contribution < 1.29 is 13.2 Å². The zero-order valence-electron chi connectivity index (χ0n) is 10.3. The van der Waals surface area contributed by atoms with Gasteiger partial charge in [0.15, 0.2) is 9.84 Å². The molecule has 0 fully saturated rings. The lowest BCUT2D eigenvalue weighted by Crippen LogP contribution is -2.43. The van der Waals surface area contributed by atoms with Gasteiger partial charge in [0.25, 0.3) is 0 Å². The smallest absolute Gasteiger partial charge is 0.153 e. The van der Waals surface area contributed by atoms with E-state index in [0.29, 0.717) is 19.1 Å². The molecule has 0 aliphatic rings. The van der Waals surface area contributed by atoms with Gasteiger partial charge in [-0.25, -0.2) is 8.42 Å². The first-order chi connectivity index (χ1) is 6.70. The van der Waals surface area contributed by atoms with Crippen LogP contribution in [0.1, 0.15) is 20.8 Å². The second-order valence-corrected chi connectivity index (χ2v) is 7.37. The highest BCUT2D eigenvalue weighted by Gasteiger charge is 2.29. The predicted octanol–water partition coefficient (Wildman–Crippen LogP) is 0.682. The van der Waals surface area contributed by atoms with Gasteiger partial charge in [0.05, 0.1) is 4.75 Å². The Balaban J connectivity index is 3.96. The maximum atomic E-state index is 11.4. The monoisotopic (exact) mass is 237 g/mol. The minimum atomic E-state index is -3.01. The SMILES string of the molecule is COCC(C)CNCC(C)(C)S(C)(=O)=O. The minimum absolute atomic E-state index is 0.394. The van der Waals surface area contributed by atoms with Crippen LogP contribution in [0, 0.1) is 5.92 Å². The molecular formula is C10H23NO3S. The minimum Gasteiger partial charge on any atom is -0.384 e. The molecule has 0 saturated carbocycles. The molecule has 0 aromatic heterocycles. The molecule has 1 atom stereocenters. The van der Waals surface area contributed by atoms with E-state index in [-0.39, 0.29) is 0 Å². The molecule has 0 aromatic rings. The summed E-state index contributed by atoms with van der Waals surface area (Å²) >= 11 is 0. The van der Waals surface area contributed by atoms with Gasteiger partial charge in [-0.05, 0) is 26.3 Å². The number of hydrogen-bond acceptors (Lipinski definition) is 4. The standard InChI is InChI=1S/C10H23NO3S/c1-9(7-14-4)6-11-8-10(2,3)15(5,12)13/h9,11H,6-8H2,1-5H3. The molecule has 0 heterocycles. The van der Waals surface area contributed by atoms with Gasteiger partial charge in [-0.2, -0.15) is 0 Å². The van der Waals surface area contributed by atoms with Crippen molar-refractivity contribution in [3.63, 3.8) is 0 Å². The van der Waals surface area contributed by atoms with Crippen molar-refractivity contribution in [2.45, 2.75) is 25.5 Å². The fourth-order valence-electron chi connectivity index (χ4n) is 1.09. The van der Waals surface area contributed by atoms with Gasteiger partial charge in [0.2, 0.25) is 0 Å². The fourth-order valence-corrected chi connectivity index (χ4v) is 1.46. The molecule has 1 unspecified atom stereocenters. The number of sulfone groups is 1. The Hall–Kier alpha value is -0.130. The Morgan fingerprint density at radius 1 is 1.40 bits per heavy atom. The number of rotatable bonds is 7. The summed E-state index contributed by atoms with van der Waals surface area (Å²) in [5, 5.41) is 3.16. The first kappa shape index (κ1) is 14.9. The van der Waals surface area contributed by atoms with E-state index < -0.39 is 14.6 Å². The Kier molecular flexibility index (Phi) is 5.77. The van der Waals surface area contributed by atoms with Crippen molar-refractivity contribution in [2.24, 2.45) is 5.92 Å². The van der Waals surface area contributed by atoms with Crippen LogP contribution in [-0.4, -0.2) is 46.2 Å². The predicted molar refractivity (Wildman–Crippen MR) is 62.8 cm³/mol. The van der Waals surface area contributed by atoms with Gasteiger partial charge >= 0.3 is 0 Å². The molecule has 92 valence electrons. The fraction of sp³-hybridized carbons (Fsp3) is 1.00. The lowest BCUT2D eigenvalue weighted by molar-refractivity contribution is 0.158. The van der Waals surface area contributed by atoms with Crippen LogP contribution >= 0.6 is 0 Å². The van der Waals surface area contributed by atoms with Gasteiger partial charge in [0.1, 0.15) is 0 Å². The van der Waals surface area contributed by atoms with Crippen molar-refractivity contribution in [3.05, 3.63) is 0 Å². The van der Waals surface area contributed by atoms with E-state index in [4.69, 9.17) is 4.74 Å². The summed E-state index contributed by atoms with van der Waals surface area (Å²) in [5.41, 5.74) is 0. The van der Waals surface area contributed by atoms with Crippen molar-refractivity contribution >= 4 is 9.84 Å². The molecule has 5 heteroatoms. The van der Waals surface area contributed by atoms with Crippen molar-refractivity contribution in [2.75, 3.05) is 33.1 Å². The molecule has 0 aliphatic carbocycles. The average molecular weight is 237 g/mol. The van der Waals surface area contributed by atoms with Crippen LogP contribution in [0.3, 0.4) is 0 Å². The third-order valence-electron chi connectivity index (χ3n) is 2.50. The summed E-state index contributed by atoms with van der Waals surface area (Å²) in [6, 6.07) is 0.